The van der Waals surface area contributed by atoms with Crippen molar-refractivity contribution in [3.05, 3.63) is 84.4 Å². The lowest BCUT2D eigenvalue weighted by atomic mass is 9.91. The molecule has 1 aliphatic rings. The van der Waals surface area contributed by atoms with Gasteiger partial charge in [0.05, 0.1) is 4.90 Å². The number of carbonyl (C=O) groups is 1. The van der Waals surface area contributed by atoms with E-state index < -0.39 is 15.4 Å². The maximum Gasteiger partial charge on any atom is 0.415 e. The summed E-state index contributed by atoms with van der Waals surface area (Å²) in [5.74, 6) is 0. The Balaban J connectivity index is 1.57. The number of rotatable bonds is 4. The number of amides is 1. The summed E-state index contributed by atoms with van der Waals surface area (Å²) >= 11 is 0. The van der Waals surface area contributed by atoms with Gasteiger partial charge in [-0.05, 0) is 47.9 Å². The summed E-state index contributed by atoms with van der Waals surface area (Å²) in [5, 5.41) is 0. The van der Waals surface area contributed by atoms with Crippen molar-refractivity contribution in [1.29, 1.82) is 0 Å². The third-order valence-electron chi connectivity index (χ3n) is 5.50. The molecule has 3 aromatic carbocycles. The zero-order chi connectivity index (χ0) is 21.4. The second kappa shape index (κ2) is 7.61. The van der Waals surface area contributed by atoms with Crippen LogP contribution in [0.4, 0.5) is 10.5 Å². The van der Waals surface area contributed by atoms with Gasteiger partial charge < -0.3 is 4.74 Å². The van der Waals surface area contributed by atoms with E-state index in [0.717, 1.165) is 22.4 Å². The lowest BCUT2D eigenvalue weighted by molar-refractivity contribution is 0.00582. The molecule has 1 unspecified atom stereocenters. The summed E-state index contributed by atoms with van der Waals surface area (Å²) in [6.07, 6.45) is 1.49. The van der Waals surface area contributed by atoms with E-state index in [2.05, 4.69) is 0 Å². The summed E-state index contributed by atoms with van der Waals surface area (Å²) in [6.45, 7) is 2.48. The minimum atomic E-state index is -3.24. The number of cyclic esters (lactones) is 1. The monoisotopic (exact) mass is 421 g/mol. The SMILES string of the molecule is CC1(c2ccccc2)CCN(c2cccc(-c3ccc(S(C)(=O)=O)cc3)c2)C(=O)O1. The van der Waals surface area contributed by atoms with Gasteiger partial charge in [0, 0.05) is 24.9 Å². The van der Waals surface area contributed by atoms with Gasteiger partial charge in [-0.1, -0.05) is 54.6 Å². The minimum Gasteiger partial charge on any atom is -0.438 e. The van der Waals surface area contributed by atoms with E-state index >= 15 is 0 Å². The number of hydrogen-bond donors (Lipinski definition) is 0. The van der Waals surface area contributed by atoms with Gasteiger partial charge in [-0.3, -0.25) is 4.90 Å². The number of anilines is 1. The van der Waals surface area contributed by atoms with Crippen LogP contribution in [0.1, 0.15) is 18.9 Å². The molecule has 4 rings (SSSR count). The first-order valence-electron chi connectivity index (χ1n) is 9.73. The Kier molecular flexibility index (Phi) is 5.12. The van der Waals surface area contributed by atoms with Crippen molar-refractivity contribution >= 4 is 21.6 Å². The zero-order valence-corrected chi connectivity index (χ0v) is 17.7. The molecular weight excluding hydrogens is 398 g/mol. The predicted octanol–water partition coefficient (Wildman–Crippen LogP) is 5.02. The van der Waals surface area contributed by atoms with E-state index in [0.29, 0.717) is 13.0 Å². The first kappa shape index (κ1) is 20.2. The van der Waals surface area contributed by atoms with Gasteiger partial charge in [0.15, 0.2) is 9.84 Å². The van der Waals surface area contributed by atoms with Crippen molar-refractivity contribution < 1.29 is 17.9 Å². The van der Waals surface area contributed by atoms with Crippen molar-refractivity contribution in [2.75, 3.05) is 17.7 Å². The Bertz CT molecular complexity index is 1170. The highest BCUT2D eigenvalue weighted by Crippen LogP contribution is 2.36. The largest absolute Gasteiger partial charge is 0.438 e. The van der Waals surface area contributed by atoms with Crippen LogP contribution < -0.4 is 4.90 Å². The average Bonchev–Trinajstić information content (AvgIpc) is 2.74. The number of hydrogen-bond acceptors (Lipinski definition) is 4. The van der Waals surface area contributed by atoms with Crippen LogP contribution in [0.15, 0.2) is 83.8 Å². The van der Waals surface area contributed by atoms with E-state index in [-0.39, 0.29) is 11.0 Å². The summed E-state index contributed by atoms with van der Waals surface area (Å²) in [5.41, 5.74) is 2.87. The lowest BCUT2D eigenvalue weighted by Gasteiger charge is -2.39. The number of carbonyl (C=O) groups excluding carboxylic acids is 1. The molecule has 0 aliphatic carbocycles. The molecule has 0 bridgehead atoms. The van der Waals surface area contributed by atoms with Gasteiger partial charge >= 0.3 is 6.09 Å². The Morgan fingerprint density at radius 3 is 2.23 bits per heavy atom. The zero-order valence-electron chi connectivity index (χ0n) is 16.9. The third kappa shape index (κ3) is 3.96. The van der Waals surface area contributed by atoms with Crippen LogP contribution >= 0.6 is 0 Å². The number of benzene rings is 3. The molecule has 0 N–H and O–H groups in total. The van der Waals surface area contributed by atoms with E-state index in [9.17, 15) is 13.2 Å². The molecule has 6 heteroatoms. The second-order valence-electron chi connectivity index (χ2n) is 7.71. The molecule has 1 fully saturated rings. The summed E-state index contributed by atoms with van der Waals surface area (Å²) in [4.78, 5) is 14.7. The Hall–Kier alpha value is -3.12. The third-order valence-corrected chi connectivity index (χ3v) is 6.63. The summed E-state index contributed by atoms with van der Waals surface area (Å²) < 4.78 is 29.2. The van der Waals surface area contributed by atoms with Crippen molar-refractivity contribution in [2.45, 2.75) is 23.8 Å². The van der Waals surface area contributed by atoms with E-state index in [1.807, 2.05) is 61.5 Å². The molecule has 1 heterocycles. The van der Waals surface area contributed by atoms with Gasteiger partial charge in [-0.25, -0.2) is 13.2 Å². The molecule has 0 saturated carbocycles. The highest BCUT2D eigenvalue weighted by molar-refractivity contribution is 7.90. The van der Waals surface area contributed by atoms with Gasteiger partial charge in [0.2, 0.25) is 0 Å². The maximum absolute atomic E-state index is 12.8. The van der Waals surface area contributed by atoms with Crippen molar-refractivity contribution in [3.8, 4) is 11.1 Å². The van der Waals surface area contributed by atoms with Crippen molar-refractivity contribution in [2.24, 2.45) is 0 Å². The van der Waals surface area contributed by atoms with Gasteiger partial charge in [0.1, 0.15) is 5.60 Å². The fourth-order valence-electron chi connectivity index (χ4n) is 3.69. The minimum absolute atomic E-state index is 0.280. The smallest absolute Gasteiger partial charge is 0.415 e. The normalized spacial score (nSPS) is 19.4. The molecular formula is C24H23NO4S. The standard InChI is InChI=1S/C24H23NO4S/c1-24(20-8-4-3-5-9-20)15-16-25(23(26)29-24)21-10-6-7-19(17-21)18-11-13-22(14-12-18)30(2,27)28/h3-14,17H,15-16H2,1-2H3. The first-order valence-corrected chi connectivity index (χ1v) is 11.6. The molecule has 30 heavy (non-hydrogen) atoms. The number of nitrogens with zero attached hydrogens (tertiary/aromatic N) is 1. The highest BCUT2D eigenvalue weighted by Gasteiger charge is 2.38. The quantitative estimate of drug-likeness (QED) is 0.593. The van der Waals surface area contributed by atoms with Gasteiger partial charge in [-0.15, -0.1) is 0 Å². The first-order chi connectivity index (χ1) is 14.3. The molecule has 1 aliphatic heterocycles. The van der Waals surface area contributed by atoms with Gasteiger partial charge in [0.25, 0.3) is 0 Å². The van der Waals surface area contributed by atoms with E-state index in [1.165, 1.54) is 6.26 Å². The fourth-order valence-corrected chi connectivity index (χ4v) is 4.32. The molecule has 0 radical (unpaired) electrons. The van der Waals surface area contributed by atoms with Gasteiger partial charge in [-0.2, -0.15) is 0 Å². The predicted molar refractivity (Wildman–Crippen MR) is 117 cm³/mol. The van der Waals surface area contributed by atoms with Crippen LogP contribution in [0.25, 0.3) is 11.1 Å². The van der Waals surface area contributed by atoms with Crippen molar-refractivity contribution in [3.63, 3.8) is 0 Å². The summed E-state index contributed by atoms with van der Waals surface area (Å²) in [7, 11) is -3.24. The molecule has 1 saturated heterocycles. The fraction of sp³-hybridized carbons (Fsp3) is 0.208. The molecule has 0 aromatic heterocycles. The molecule has 1 atom stereocenters. The van der Waals surface area contributed by atoms with Crippen LogP contribution in [0.2, 0.25) is 0 Å². The van der Waals surface area contributed by atoms with Crippen LogP contribution in [0.5, 0.6) is 0 Å². The Morgan fingerprint density at radius 1 is 0.900 bits per heavy atom. The van der Waals surface area contributed by atoms with Crippen LogP contribution in [-0.2, 0) is 20.2 Å². The van der Waals surface area contributed by atoms with Crippen LogP contribution in [-0.4, -0.2) is 27.3 Å². The average molecular weight is 422 g/mol. The van der Waals surface area contributed by atoms with Crippen LogP contribution in [0.3, 0.4) is 0 Å². The number of sulfone groups is 1. The highest BCUT2D eigenvalue weighted by atomic mass is 32.2. The summed E-state index contributed by atoms with van der Waals surface area (Å²) in [6, 6.07) is 24.1. The Morgan fingerprint density at radius 2 is 1.60 bits per heavy atom. The number of ether oxygens (including phenoxy) is 1. The van der Waals surface area contributed by atoms with Crippen molar-refractivity contribution in [1.82, 2.24) is 0 Å². The van der Waals surface area contributed by atoms with E-state index in [4.69, 9.17) is 4.74 Å². The molecule has 154 valence electrons. The molecule has 0 spiro atoms. The molecule has 5 nitrogen and oxygen atoms in total. The molecule has 1 amide bonds. The van der Waals surface area contributed by atoms with E-state index in [1.54, 1.807) is 29.2 Å². The Labute approximate surface area is 176 Å². The second-order valence-corrected chi connectivity index (χ2v) is 9.73. The van der Waals surface area contributed by atoms with Crippen LogP contribution in [0, 0.1) is 0 Å². The lowest BCUT2D eigenvalue weighted by Crippen LogP contribution is -2.46. The topological polar surface area (TPSA) is 63.7 Å². The maximum atomic E-state index is 12.8. The molecule has 3 aromatic rings.